The number of para-hydroxylation sites is 2. The molecule has 0 bridgehead atoms. The molecule has 4 rings (SSSR count). The number of carbonyl (C=O) groups is 1. The SMILES string of the molecule is COCCOC(=O)C1=C(C)Nc2nc3ccccc3n2C1c1ccc(Cl)cc1. The first-order valence-electron chi connectivity index (χ1n) is 8.96. The number of ether oxygens (including phenoxy) is 2. The van der Waals surface area contributed by atoms with Crippen LogP contribution in [-0.2, 0) is 14.3 Å². The van der Waals surface area contributed by atoms with Gasteiger partial charge < -0.3 is 14.8 Å². The Balaban J connectivity index is 1.86. The lowest BCUT2D eigenvalue weighted by Gasteiger charge is -2.30. The van der Waals surface area contributed by atoms with Gasteiger partial charge in [-0.05, 0) is 36.8 Å². The number of hydrogen-bond donors (Lipinski definition) is 1. The lowest BCUT2D eigenvalue weighted by atomic mass is 9.95. The first-order valence-corrected chi connectivity index (χ1v) is 9.34. The van der Waals surface area contributed by atoms with Crippen LogP contribution in [0.5, 0.6) is 0 Å². The standard InChI is InChI=1S/C21H20ClN3O3/c1-13-18(20(26)28-12-11-27-2)19(14-7-9-15(22)10-8-14)25-17-6-4-3-5-16(17)24-21(25)23-13/h3-10,19H,11-12H2,1-2H3,(H,23,24). The molecule has 3 aromatic rings. The number of benzene rings is 2. The largest absolute Gasteiger partial charge is 0.460 e. The Morgan fingerprint density at radius 3 is 2.68 bits per heavy atom. The molecule has 0 aliphatic carbocycles. The zero-order chi connectivity index (χ0) is 19.7. The van der Waals surface area contributed by atoms with Crippen LogP contribution in [0.15, 0.2) is 59.8 Å². The Hall–Kier alpha value is -2.83. The maximum absolute atomic E-state index is 13.0. The van der Waals surface area contributed by atoms with Gasteiger partial charge in [0.05, 0.1) is 29.3 Å². The molecule has 7 heteroatoms. The summed E-state index contributed by atoms with van der Waals surface area (Å²) in [7, 11) is 1.57. The van der Waals surface area contributed by atoms with Crippen molar-refractivity contribution in [2.24, 2.45) is 0 Å². The third kappa shape index (κ3) is 3.25. The maximum atomic E-state index is 13.0. The lowest BCUT2D eigenvalue weighted by molar-refractivity contribution is -0.140. The van der Waals surface area contributed by atoms with Crippen molar-refractivity contribution in [3.05, 3.63) is 70.4 Å². The van der Waals surface area contributed by atoms with Gasteiger partial charge in [-0.15, -0.1) is 0 Å². The molecule has 6 nitrogen and oxygen atoms in total. The minimum absolute atomic E-state index is 0.191. The summed E-state index contributed by atoms with van der Waals surface area (Å²) >= 11 is 6.09. The fourth-order valence-corrected chi connectivity index (χ4v) is 3.61. The van der Waals surface area contributed by atoms with Gasteiger partial charge in [-0.2, -0.15) is 0 Å². The molecule has 1 N–H and O–H groups in total. The summed E-state index contributed by atoms with van der Waals surface area (Å²) in [6.07, 6.45) is 0. The summed E-state index contributed by atoms with van der Waals surface area (Å²) < 4.78 is 12.5. The summed E-state index contributed by atoms with van der Waals surface area (Å²) in [6.45, 7) is 2.39. The van der Waals surface area contributed by atoms with E-state index >= 15 is 0 Å². The molecule has 0 radical (unpaired) electrons. The quantitative estimate of drug-likeness (QED) is 0.517. The molecule has 28 heavy (non-hydrogen) atoms. The van der Waals surface area contributed by atoms with Crippen molar-refractivity contribution in [3.8, 4) is 0 Å². The molecule has 0 saturated carbocycles. The minimum Gasteiger partial charge on any atom is -0.460 e. The molecule has 2 heterocycles. The molecule has 0 fully saturated rings. The summed E-state index contributed by atoms with van der Waals surface area (Å²) in [6, 6.07) is 15.0. The summed E-state index contributed by atoms with van der Waals surface area (Å²) in [4.78, 5) is 17.7. The number of halogens is 1. The topological polar surface area (TPSA) is 65.4 Å². The highest BCUT2D eigenvalue weighted by Gasteiger charge is 2.34. The van der Waals surface area contributed by atoms with Crippen LogP contribution in [0, 0.1) is 0 Å². The van der Waals surface area contributed by atoms with Crippen molar-refractivity contribution in [3.63, 3.8) is 0 Å². The molecule has 1 aliphatic rings. The van der Waals surface area contributed by atoms with E-state index in [4.69, 9.17) is 21.1 Å². The van der Waals surface area contributed by atoms with Crippen LogP contribution in [0.2, 0.25) is 5.02 Å². The molecule has 0 spiro atoms. The average molecular weight is 398 g/mol. The number of nitrogens with one attached hydrogen (secondary N) is 1. The van der Waals surface area contributed by atoms with Gasteiger partial charge in [0.15, 0.2) is 0 Å². The molecular formula is C21H20ClN3O3. The van der Waals surface area contributed by atoms with Crippen LogP contribution in [0.4, 0.5) is 5.95 Å². The van der Waals surface area contributed by atoms with Crippen molar-refractivity contribution < 1.29 is 14.3 Å². The second-order valence-corrected chi connectivity index (χ2v) is 6.98. The van der Waals surface area contributed by atoms with Crippen molar-refractivity contribution >= 4 is 34.6 Å². The van der Waals surface area contributed by atoms with Crippen LogP contribution in [-0.4, -0.2) is 35.8 Å². The zero-order valence-corrected chi connectivity index (χ0v) is 16.4. The van der Waals surface area contributed by atoms with E-state index in [9.17, 15) is 4.79 Å². The number of hydrogen-bond acceptors (Lipinski definition) is 5. The predicted octanol–water partition coefficient (Wildman–Crippen LogP) is 4.17. The predicted molar refractivity (Wildman–Crippen MR) is 108 cm³/mol. The Morgan fingerprint density at radius 2 is 1.93 bits per heavy atom. The number of methoxy groups -OCH3 is 1. The second kappa shape index (κ2) is 7.66. The van der Waals surface area contributed by atoms with Gasteiger partial charge in [0.2, 0.25) is 5.95 Å². The van der Waals surface area contributed by atoms with Crippen molar-refractivity contribution in [2.75, 3.05) is 25.6 Å². The summed E-state index contributed by atoms with van der Waals surface area (Å²) in [5, 5.41) is 3.89. The number of fused-ring (bicyclic) bond motifs is 3. The number of imidazole rings is 1. The fourth-order valence-electron chi connectivity index (χ4n) is 3.48. The highest BCUT2D eigenvalue weighted by Crippen LogP contribution is 2.39. The van der Waals surface area contributed by atoms with Gasteiger partial charge in [0.1, 0.15) is 6.61 Å². The van der Waals surface area contributed by atoms with E-state index in [0.29, 0.717) is 28.8 Å². The monoisotopic (exact) mass is 397 g/mol. The van der Waals surface area contributed by atoms with Crippen molar-refractivity contribution in [1.29, 1.82) is 0 Å². The van der Waals surface area contributed by atoms with Crippen molar-refractivity contribution in [1.82, 2.24) is 9.55 Å². The molecular weight excluding hydrogens is 378 g/mol. The zero-order valence-electron chi connectivity index (χ0n) is 15.6. The van der Waals surface area contributed by atoms with Gasteiger partial charge in [0.25, 0.3) is 0 Å². The molecule has 144 valence electrons. The Labute approximate surface area is 167 Å². The molecule has 0 saturated heterocycles. The summed E-state index contributed by atoms with van der Waals surface area (Å²) in [5.41, 5.74) is 3.96. The average Bonchev–Trinajstić information content (AvgIpc) is 3.05. The normalized spacial score (nSPS) is 16.0. The molecule has 1 unspecified atom stereocenters. The van der Waals surface area contributed by atoms with Crippen LogP contribution in [0.3, 0.4) is 0 Å². The Bertz CT molecular complexity index is 1060. The van der Waals surface area contributed by atoms with E-state index in [2.05, 4.69) is 10.3 Å². The maximum Gasteiger partial charge on any atom is 0.338 e. The number of nitrogens with zero attached hydrogens (tertiary/aromatic N) is 2. The van der Waals surface area contributed by atoms with E-state index in [1.54, 1.807) is 7.11 Å². The molecule has 1 aromatic heterocycles. The van der Waals surface area contributed by atoms with Crippen LogP contribution >= 0.6 is 11.6 Å². The van der Waals surface area contributed by atoms with E-state index in [1.807, 2.05) is 60.0 Å². The van der Waals surface area contributed by atoms with Crippen LogP contribution in [0.25, 0.3) is 11.0 Å². The number of rotatable bonds is 5. The number of anilines is 1. The number of carbonyl (C=O) groups excluding carboxylic acids is 1. The van der Waals surface area contributed by atoms with E-state index < -0.39 is 0 Å². The van der Waals surface area contributed by atoms with E-state index in [-0.39, 0.29) is 18.6 Å². The van der Waals surface area contributed by atoms with Gasteiger partial charge >= 0.3 is 5.97 Å². The second-order valence-electron chi connectivity index (χ2n) is 6.54. The minimum atomic E-state index is -0.384. The third-order valence-electron chi connectivity index (χ3n) is 4.76. The molecule has 1 atom stereocenters. The first kappa shape index (κ1) is 18.5. The third-order valence-corrected chi connectivity index (χ3v) is 5.01. The van der Waals surface area contributed by atoms with Crippen LogP contribution < -0.4 is 5.32 Å². The van der Waals surface area contributed by atoms with Gasteiger partial charge in [-0.25, -0.2) is 9.78 Å². The van der Waals surface area contributed by atoms with Gasteiger partial charge in [-0.1, -0.05) is 35.9 Å². The lowest BCUT2D eigenvalue weighted by Crippen LogP contribution is -2.29. The molecule has 0 amide bonds. The number of aromatic nitrogens is 2. The van der Waals surface area contributed by atoms with Crippen molar-refractivity contribution in [2.45, 2.75) is 13.0 Å². The molecule has 1 aliphatic heterocycles. The molecule has 2 aromatic carbocycles. The van der Waals surface area contributed by atoms with Crippen LogP contribution in [0.1, 0.15) is 18.5 Å². The Kier molecular flexibility index (Phi) is 5.07. The van der Waals surface area contributed by atoms with Gasteiger partial charge in [0, 0.05) is 17.8 Å². The summed E-state index contributed by atoms with van der Waals surface area (Å²) in [5.74, 6) is 0.303. The van der Waals surface area contributed by atoms with E-state index in [0.717, 1.165) is 16.6 Å². The van der Waals surface area contributed by atoms with E-state index in [1.165, 1.54) is 0 Å². The van der Waals surface area contributed by atoms with Gasteiger partial charge in [-0.3, -0.25) is 4.57 Å². The highest BCUT2D eigenvalue weighted by atomic mass is 35.5. The fraction of sp³-hybridized carbons (Fsp3) is 0.238. The Morgan fingerprint density at radius 1 is 1.18 bits per heavy atom. The number of esters is 1. The smallest absolute Gasteiger partial charge is 0.338 e. The number of allylic oxidation sites excluding steroid dienone is 1. The first-order chi connectivity index (χ1) is 13.6. The highest BCUT2D eigenvalue weighted by molar-refractivity contribution is 6.30.